The lowest BCUT2D eigenvalue weighted by Crippen LogP contribution is -2.07. The summed E-state index contributed by atoms with van der Waals surface area (Å²) in [5.74, 6) is 1.76. The molecule has 3 heteroatoms. The molecule has 0 spiro atoms. The lowest BCUT2D eigenvalue weighted by Gasteiger charge is -2.06. The summed E-state index contributed by atoms with van der Waals surface area (Å²) in [4.78, 5) is 4.32. The van der Waals surface area contributed by atoms with Gasteiger partial charge in [-0.05, 0) is 31.2 Å². The first kappa shape index (κ1) is 10.3. The van der Waals surface area contributed by atoms with Gasteiger partial charge in [0.05, 0.1) is 0 Å². The van der Waals surface area contributed by atoms with Crippen molar-refractivity contribution in [1.29, 1.82) is 0 Å². The van der Waals surface area contributed by atoms with Gasteiger partial charge in [0.2, 0.25) is 0 Å². The van der Waals surface area contributed by atoms with Gasteiger partial charge in [0.15, 0.2) is 0 Å². The highest BCUT2D eigenvalue weighted by Gasteiger charge is 2.36. The van der Waals surface area contributed by atoms with Crippen molar-refractivity contribution in [3.63, 3.8) is 0 Å². The lowest BCUT2D eigenvalue weighted by atomic mass is 10.2. The molecule has 1 saturated carbocycles. The molecule has 3 N–H and O–H groups in total. The molecule has 1 heterocycles. The number of aromatic nitrogens is 1. The van der Waals surface area contributed by atoms with Crippen LogP contribution in [0.15, 0.2) is 12.3 Å². The standard InChI is InChI=1S/C12H19N3/c1-3-4-9-5-11(9)15-12-6-10(13)8(2)7-14-12/h6-7,9,11H,3-5H2,1-2H3,(H3,13,14,15). The molecule has 1 aromatic heterocycles. The molecule has 3 nitrogen and oxygen atoms in total. The number of nitrogen functional groups attached to an aromatic ring is 1. The highest BCUT2D eigenvalue weighted by atomic mass is 15.0. The monoisotopic (exact) mass is 205 g/mol. The Bertz CT molecular complexity index is 349. The van der Waals surface area contributed by atoms with Crippen LogP contribution in [0.3, 0.4) is 0 Å². The van der Waals surface area contributed by atoms with Crippen molar-refractivity contribution in [2.75, 3.05) is 11.1 Å². The normalized spacial score (nSPS) is 23.9. The second-order valence-electron chi connectivity index (χ2n) is 4.46. The van der Waals surface area contributed by atoms with Gasteiger partial charge in [-0.25, -0.2) is 4.98 Å². The van der Waals surface area contributed by atoms with Gasteiger partial charge in [-0.15, -0.1) is 0 Å². The number of hydrogen-bond acceptors (Lipinski definition) is 3. The summed E-state index contributed by atoms with van der Waals surface area (Å²) >= 11 is 0. The number of nitrogens with zero attached hydrogens (tertiary/aromatic N) is 1. The Balaban J connectivity index is 1.92. The van der Waals surface area contributed by atoms with E-state index in [-0.39, 0.29) is 0 Å². The molecule has 1 aliphatic carbocycles. The number of anilines is 2. The van der Waals surface area contributed by atoms with Crippen LogP contribution in [0.4, 0.5) is 11.5 Å². The second-order valence-corrected chi connectivity index (χ2v) is 4.46. The Morgan fingerprint density at radius 2 is 2.40 bits per heavy atom. The molecule has 0 aliphatic heterocycles. The van der Waals surface area contributed by atoms with Crippen LogP contribution in [0, 0.1) is 12.8 Å². The van der Waals surface area contributed by atoms with E-state index in [1.165, 1.54) is 19.3 Å². The van der Waals surface area contributed by atoms with Gasteiger partial charge < -0.3 is 11.1 Å². The first-order chi connectivity index (χ1) is 7.20. The Labute approximate surface area is 91.1 Å². The first-order valence-electron chi connectivity index (χ1n) is 5.69. The summed E-state index contributed by atoms with van der Waals surface area (Å²) in [6, 6.07) is 2.55. The van der Waals surface area contributed by atoms with Crippen LogP contribution in [-0.2, 0) is 0 Å². The molecule has 82 valence electrons. The van der Waals surface area contributed by atoms with Crippen LogP contribution in [0.25, 0.3) is 0 Å². The number of nitrogens with two attached hydrogens (primary N) is 1. The van der Waals surface area contributed by atoms with E-state index < -0.39 is 0 Å². The van der Waals surface area contributed by atoms with E-state index in [2.05, 4.69) is 17.2 Å². The molecule has 2 unspecified atom stereocenters. The molecule has 1 aliphatic rings. The van der Waals surface area contributed by atoms with Crippen LogP contribution in [0.5, 0.6) is 0 Å². The predicted octanol–water partition coefficient (Wildman–Crippen LogP) is 2.57. The fraction of sp³-hybridized carbons (Fsp3) is 0.583. The maximum absolute atomic E-state index is 5.83. The third kappa shape index (κ3) is 2.41. The number of rotatable bonds is 4. The van der Waals surface area contributed by atoms with Crippen molar-refractivity contribution in [3.8, 4) is 0 Å². The minimum absolute atomic E-state index is 0.625. The van der Waals surface area contributed by atoms with E-state index >= 15 is 0 Å². The first-order valence-corrected chi connectivity index (χ1v) is 5.69. The van der Waals surface area contributed by atoms with Crippen molar-refractivity contribution in [2.24, 2.45) is 5.92 Å². The zero-order valence-corrected chi connectivity index (χ0v) is 9.46. The molecule has 0 bridgehead atoms. The predicted molar refractivity (Wildman–Crippen MR) is 63.8 cm³/mol. The number of nitrogens with one attached hydrogen (secondary N) is 1. The van der Waals surface area contributed by atoms with Crippen LogP contribution in [-0.4, -0.2) is 11.0 Å². The van der Waals surface area contributed by atoms with Gasteiger partial charge in [0.1, 0.15) is 5.82 Å². The summed E-state index contributed by atoms with van der Waals surface area (Å²) in [7, 11) is 0. The molecule has 2 atom stereocenters. The fourth-order valence-electron chi connectivity index (χ4n) is 1.92. The minimum Gasteiger partial charge on any atom is -0.398 e. The van der Waals surface area contributed by atoms with Crippen molar-refractivity contribution in [1.82, 2.24) is 4.98 Å². The Hall–Kier alpha value is -1.25. The zero-order valence-electron chi connectivity index (χ0n) is 9.46. The van der Waals surface area contributed by atoms with Gasteiger partial charge >= 0.3 is 0 Å². The van der Waals surface area contributed by atoms with E-state index in [9.17, 15) is 0 Å². The highest BCUT2D eigenvalue weighted by Crippen LogP contribution is 2.37. The van der Waals surface area contributed by atoms with E-state index in [1.807, 2.05) is 19.2 Å². The van der Waals surface area contributed by atoms with Crippen LogP contribution < -0.4 is 11.1 Å². The topological polar surface area (TPSA) is 50.9 Å². The van der Waals surface area contributed by atoms with E-state index in [4.69, 9.17) is 5.73 Å². The van der Waals surface area contributed by atoms with Gasteiger partial charge in [0.25, 0.3) is 0 Å². The molecular formula is C12H19N3. The summed E-state index contributed by atoms with van der Waals surface area (Å²) < 4.78 is 0. The zero-order chi connectivity index (χ0) is 10.8. The highest BCUT2D eigenvalue weighted by molar-refractivity contribution is 5.54. The number of pyridine rings is 1. The van der Waals surface area contributed by atoms with Crippen molar-refractivity contribution in [3.05, 3.63) is 17.8 Å². The van der Waals surface area contributed by atoms with Crippen molar-refractivity contribution in [2.45, 2.75) is 39.2 Å². The van der Waals surface area contributed by atoms with Gasteiger partial charge in [-0.3, -0.25) is 0 Å². The Morgan fingerprint density at radius 1 is 1.60 bits per heavy atom. The largest absolute Gasteiger partial charge is 0.398 e. The van der Waals surface area contributed by atoms with E-state index in [0.29, 0.717) is 6.04 Å². The quantitative estimate of drug-likeness (QED) is 0.794. The van der Waals surface area contributed by atoms with Crippen molar-refractivity contribution < 1.29 is 0 Å². The van der Waals surface area contributed by atoms with Crippen LogP contribution >= 0.6 is 0 Å². The van der Waals surface area contributed by atoms with E-state index in [1.54, 1.807) is 0 Å². The SMILES string of the molecule is CCCC1CC1Nc1cc(N)c(C)cn1. The minimum atomic E-state index is 0.625. The van der Waals surface area contributed by atoms with Crippen molar-refractivity contribution >= 4 is 11.5 Å². The molecule has 1 aromatic rings. The molecule has 0 saturated heterocycles. The molecule has 15 heavy (non-hydrogen) atoms. The molecule has 0 radical (unpaired) electrons. The molecule has 0 aromatic carbocycles. The molecule has 1 fully saturated rings. The van der Waals surface area contributed by atoms with E-state index in [0.717, 1.165) is 23.0 Å². The summed E-state index contributed by atoms with van der Waals surface area (Å²) in [6.45, 7) is 4.21. The average Bonchev–Trinajstić information content (AvgIpc) is 2.91. The summed E-state index contributed by atoms with van der Waals surface area (Å²) in [5, 5.41) is 3.43. The Kier molecular flexibility index (Phi) is 2.80. The maximum atomic E-state index is 5.83. The molecule has 2 rings (SSSR count). The summed E-state index contributed by atoms with van der Waals surface area (Å²) in [6.07, 6.45) is 5.70. The third-order valence-corrected chi connectivity index (χ3v) is 3.06. The van der Waals surface area contributed by atoms with Crippen LogP contribution in [0.2, 0.25) is 0 Å². The van der Waals surface area contributed by atoms with Gasteiger partial charge in [0, 0.05) is 24.0 Å². The second kappa shape index (κ2) is 4.09. The van der Waals surface area contributed by atoms with Gasteiger partial charge in [-0.2, -0.15) is 0 Å². The molecular weight excluding hydrogens is 186 g/mol. The third-order valence-electron chi connectivity index (χ3n) is 3.06. The fourth-order valence-corrected chi connectivity index (χ4v) is 1.92. The number of hydrogen-bond donors (Lipinski definition) is 2. The Morgan fingerprint density at radius 3 is 3.07 bits per heavy atom. The number of aryl methyl sites for hydroxylation is 1. The molecule has 0 amide bonds. The lowest BCUT2D eigenvalue weighted by molar-refractivity contribution is 0.692. The van der Waals surface area contributed by atoms with Crippen LogP contribution in [0.1, 0.15) is 31.7 Å². The average molecular weight is 205 g/mol. The smallest absolute Gasteiger partial charge is 0.128 e. The van der Waals surface area contributed by atoms with Gasteiger partial charge in [-0.1, -0.05) is 13.3 Å². The summed E-state index contributed by atoms with van der Waals surface area (Å²) in [5.41, 5.74) is 7.69. The maximum Gasteiger partial charge on any atom is 0.128 e.